The number of hydrogen-bond donors (Lipinski definition) is 2. The summed E-state index contributed by atoms with van der Waals surface area (Å²) in [5.41, 5.74) is 4.03. The first-order chi connectivity index (χ1) is 7.20. The summed E-state index contributed by atoms with van der Waals surface area (Å²) in [6, 6.07) is 5.77. The molecule has 1 amide bonds. The monoisotopic (exact) mass is 206 g/mol. The van der Waals surface area contributed by atoms with Gasteiger partial charge in [0.15, 0.2) is 0 Å². The molecule has 0 aliphatic heterocycles. The van der Waals surface area contributed by atoms with Gasteiger partial charge in [-0.05, 0) is 12.1 Å². The van der Waals surface area contributed by atoms with Crippen molar-refractivity contribution in [2.45, 2.75) is 0 Å². The first-order valence-electron chi connectivity index (χ1n) is 4.08. The summed E-state index contributed by atoms with van der Waals surface area (Å²) in [5, 5.41) is 7.19. The number of imidazole rings is 1. The topological polar surface area (TPSA) is 94.0 Å². The average molecular weight is 206 g/mol. The van der Waals surface area contributed by atoms with Gasteiger partial charge in [-0.1, -0.05) is 6.07 Å². The third-order valence-electron chi connectivity index (χ3n) is 1.42. The Bertz CT molecular complexity index is 395. The Labute approximate surface area is 86.0 Å². The molecule has 3 N–H and O–H groups in total. The second kappa shape index (κ2) is 5.38. The Morgan fingerprint density at radius 3 is 2.60 bits per heavy atom. The summed E-state index contributed by atoms with van der Waals surface area (Å²) in [4.78, 5) is 16.8. The predicted molar refractivity (Wildman–Crippen MR) is 53.6 cm³/mol. The molecule has 0 unspecified atom stereocenters. The van der Waals surface area contributed by atoms with Crippen LogP contribution in [0.4, 0.5) is 4.79 Å². The maximum atomic E-state index is 8.78. The third-order valence-corrected chi connectivity index (χ3v) is 1.42. The molecule has 0 saturated carbocycles. The quantitative estimate of drug-likeness (QED) is 0.724. The van der Waals surface area contributed by atoms with Crippen molar-refractivity contribution < 1.29 is 9.90 Å². The van der Waals surface area contributed by atoms with Crippen molar-refractivity contribution in [2.75, 3.05) is 0 Å². The van der Waals surface area contributed by atoms with Crippen LogP contribution in [0.2, 0.25) is 0 Å². The number of carbonyl (C=O) groups is 1. The maximum absolute atomic E-state index is 8.78. The summed E-state index contributed by atoms with van der Waals surface area (Å²) < 4.78 is 1.86. The van der Waals surface area contributed by atoms with Crippen molar-refractivity contribution >= 4 is 6.09 Å². The number of primary amides is 1. The molecule has 0 radical (unpaired) electrons. The SMILES string of the molecule is NC(=O)O.c1ccc(-n2ccnc2)nc1. The molecular weight excluding hydrogens is 196 g/mol. The van der Waals surface area contributed by atoms with E-state index >= 15 is 0 Å². The fourth-order valence-electron chi connectivity index (χ4n) is 0.901. The molecular formula is C9H10N4O2. The molecule has 0 aliphatic rings. The van der Waals surface area contributed by atoms with Gasteiger partial charge in [-0.3, -0.25) is 4.57 Å². The van der Waals surface area contributed by atoms with Gasteiger partial charge in [0.2, 0.25) is 0 Å². The van der Waals surface area contributed by atoms with Crippen LogP contribution in [0.1, 0.15) is 0 Å². The minimum atomic E-state index is -1.33. The number of carboxylic acid groups (broad SMARTS) is 1. The zero-order chi connectivity index (χ0) is 11.1. The van der Waals surface area contributed by atoms with E-state index in [0.29, 0.717) is 0 Å². The lowest BCUT2D eigenvalue weighted by molar-refractivity contribution is 0.205. The number of nitrogens with zero attached hydrogens (tertiary/aromatic N) is 3. The Kier molecular flexibility index (Phi) is 3.84. The number of hydrogen-bond acceptors (Lipinski definition) is 3. The second-order valence-electron chi connectivity index (χ2n) is 2.50. The van der Waals surface area contributed by atoms with Crippen LogP contribution in [-0.2, 0) is 0 Å². The van der Waals surface area contributed by atoms with E-state index in [9.17, 15) is 0 Å². The van der Waals surface area contributed by atoms with Crippen LogP contribution in [0.3, 0.4) is 0 Å². The van der Waals surface area contributed by atoms with Crippen LogP contribution in [0.25, 0.3) is 5.82 Å². The van der Waals surface area contributed by atoms with Gasteiger partial charge in [-0.15, -0.1) is 0 Å². The number of pyridine rings is 1. The van der Waals surface area contributed by atoms with Crippen LogP contribution in [0, 0.1) is 0 Å². The molecule has 2 heterocycles. The minimum absolute atomic E-state index is 0.894. The molecule has 6 nitrogen and oxygen atoms in total. The minimum Gasteiger partial charge on any atom is -0.465 e. The van der Waals surface area contributed by atoms with Crippen LogP contribution in [0.15, 0.2) is 43.1 Å². The van der Waals surface area contributed by atoms with Crippen molar-refractivity contribution in [2.24, 2.45) is 5.73 Å². The fraction of sp³-hybridized carbons (Fsp3) is 0. The maximum Gasteiger partial charge on any atom is 0.402 e. The molecule has 6 heteroatoms. The highest BCUT2D eigenvalue weighted by atomic mass is 16.4. The molecule has 0 bridgehead atoms. The third kappa shape index (κ3) is 3.90. The van der Waals surface area contributed by atoms with Gasteiger partial charge in [-0.2, -0.15) is 0 Å². The zero-order valence-electron chi connectivity index (χ0n) is 7.82. The lowest BCUT2D eigenvalue weighted by Gasteiger charge is -1.96. The normalized spacial score (nSPS) is 8.80. The average Bonchev–Trinajstić information content (AvgIpc) is 2.71. The van der Waals surface area contributed by atoms with Gasteiger partial charge in [0.1, 0.15) is 12.1 Å². The molecule has 15 heavy (non-hydrogen) atoms. The lowest BCUT2D eigenvalue weighted by atomic mass is 10.5. The van der Waals surface area contributed by atoms with E-state index in [4.69, 9.17) is 9.90 Å². The first-order valence-corrected chi connectivity index (χ1v) is 4.08. The van der Waals surface area contributed by atoms with Crippen LogP contribution < -0.4 is 5.73 Å². The van der Waals surface area contributed by atoms with Crippen LogP contribution >= 0.6 is 0 Å². The van der Waals surface area contributed by atoms with Crippen molar-refractivity contribution in [3.8, 4) is 5.82 Å². The van der Waals surface area contributed by atoms with E-state index in [0.717, 1.165) is 5.82 Å². The van der Waals surface area contributed by atoms with E-state index < -0.39 is 6.09 Å². The Hall–Kier alpha value is -2.37. The second-order valence-corrected chi connectivity index (χ2v) is 2.50. The molecule has 0 fully saturated rings. The van der Waals surface area contributed by atoms with E-state index in [-0.39, 0.29) is 0 Å². The Balaban J connectivity index is 0.000000245. The van der Waals surface area contributed by atoms with E-state index in [1.165, 1.54) is 0 Å². The van der Waals surface area contributed by atoms with Gasteiger partial charge in [0.25, 0.3) is 0 Å². The Morgan fingerprint density at radius 2 is 2.13 bits per heavy atom. The zero-order valence-corrected chi connectivity index (χ0v) is 7.82. The Morgan fingerprint density at radius 1 is 1.40 bits per heavy atom. The molecule has 0 aromatic carbocycles. The number of nitrogens with two attached hydrogens (primary N) is 1. The van der Waals surface area contributed by atoms with E-state index in [2.05, 4.69) is 15.7 Å². The van der Waals surface area contributed by atoms with Gasteiger partial charge in [0.05, 0.1) is 0 Å². The highest BCUT2D eigenvalue weighted by molar-refractivity contribution is 5.61. The molecule has 0 saturated heterocycles. The van der Waals surface area contributed by atoms with Crippen molar-refractivity contribution in [3.63, 3.8) is 0 Å². The van der Waals surface area contributed by atoms with Crippen LogP contribution in [0.5, 0.6) is 0 Å². The molecule has 0 aliphatic carbocycles. The van der Waals surface area contributed by atoms with Gasteiger partial charge >= 0.3 is 6.09 Å². The van der Waals surface area contributed by atoms with Gasteiger partial charge in [0, 0.05) is 18.6 Å². The molecule has 2 rings (SSSR count). The lowest BCUT2D eigenvalue weighted by Crippen LogP contribution is -2.03. The highest BCUT2D eigenvalue weighted by Crippen LogP contribution is 1.99. The molecule has 2 aromatic rings. The fourth-order valence-corrected chi connectivity index (χ4v) is 0.901. The molecule has 78 valence electrons. The largest absolute Gasteiger partial charge is 0.465 e. The van der Waals surface area contributed by atoms with Gasteiger partial charge < -0.3 is 10.8 Å². The van der Waals surface area contributed by atoms with E-state index in [1.54, 1.807) is 18.7 Å². The van der Waals surface area contributed by atoms with Crippen LogP contribution in [-0.4, -0.2) is 25.7 Å². The van der Waals surface area contributed by atoms with Crippen molar-refractivity contribution in [1.82, 2.24) is 14.5 Å². The summed E-state index contributed by atoms with van der Waals surface area (Å²) in [5.74, 6) is 0.894. The summed E-state index contributed by atoms with van der Waals surface area (Å²) in [6.07, 6.45) is 5.74. The van der Waals surface area contributed by atoms with Crippen molar-refractivity contribution in [1.29, 1.82) is 0 Å². The summed E-state index contributed by atoms with van der Waals surface area (Å²) in [7, 11) is 0. The smallest absolute Gasteiger partial charge is 0.402 e. The molecule has 2 aromatic heterocycles. The number of rotatable bonds is 1. The van der Waals surface area contributed by atoms with Gasteiger partial charge in [-0.25, -0.2) is 14.8 Å². The molecule has 0 spiro atoms. The van der Waals surface area contributed by atoms with Crippen molar-refractivity contribution in [3.05, 3.63) is 43.1 Å². The summed E-state index contributed by atoms with van der Waals surface area (Å²) >= 11 is 0. The predicted octanol–water partition coefficient (Wildman–Crippen LogP) is 0.890. The summed E-state index contributed by atoms with van der Waals surface area (Å²) in [6.45, 7) is 0. The highest BCUT2D eigenvalue weighted by Gasteiger charge is 1.91. The number of amides is 1. The standard InChI is InChI=1S/C8H7N3.CH3NO2/c1-2-4-10-8(3-1)11-6-5-9-7-11;2-1(3)4/h1-7H;2H2,(H,3,4). The first kappa shape index (κ1) is 10.7. The number of aromatic nitrogens is 3. The molecule has 0 atom stereocenters. The van der Waals surface area contributed by atoms with E-state index in [1.807, 2.05) is 29.0 Å².